The number of urea groups is 1. The maximum Gasteiger partial charge on any atom is 0.321 e. The first-order chi connectivity index (χ1) is 15.9. The van der Waals surface area contributed by atoms with Crippen LogP contribution in [0, 0.1) is 5.92 Å². The number of aromatic nitrogens is 3. The Kier molecular flexibility index (Phi) is 8.79. The van der Waals surface area contributed by atoms with Crippen molar-refractivity contribution >= 4 is 17.6 Å². The Hall–Kier alpha value is -2.98. The molecule has 0 aliphatic carbocycles. The van der Waals surface area contributed by atoms with Crippen LogP contribution in [0.4, 0.5) is 10.5 Å². The van der Waals surface area contributed by atoms with Crippen molar-refractivity contribution in [2.24, 2.45) is 5.92 Å². The number of nitrogens with zero attached hydrogens (tertiary/aromatic N) is 5. The van der Waals surface area contributed by atoms with E-state index in [1.165, 1.54) is 0 Å². The highest BCUT2D eigenvalue weighted by molar-refractivity contribution is 5.89. The van der Waals surface area contributed by atoms with Crippen LogP contribution in [0.1, 0.15) is 32.4 Å². The summed E-state index contributed by atoms with van der Waals surface area (Å²) in [5.74, 6) is -0.0988. The molecule has 1 aliphatic heterocycles. The van der Waals surface area contributed by atoms with Crippen molar-refractivity contribution in [2.45, 2.75) is 52.0 Å². The molecule has 2 N–H and O–H groups in total. The second kappa shape index (κ2) is 11.8. The van der Waals surface area contributed by atoms with Crippen molar-refractivity contribution < 1.29 is 19.4 Å². The van der Waals surface area contributed by atoms with Gasteiger partial charge >= 0.3 is 6.03 Å². The Labute approximate surface area is 194 Å². The van der Waals surface area contributed by atoms with Gasteiger partial charge < -0.3 is 25.0 Å². The number of likely N-dealkylation sites (N-methyl/N-ethyl adjacent to an activating group) is 1. The lowest BCUT2D eigenvalue weighted by Crippen LogP contribution is -2.48. The van der Waals surface area contributed by atoms with Gasteiger partial charge in [0.05, 0.1) is 37.3 Å². The predicted octanol–water partition coefficient (Wildman–Crippen LogP) is 1.97. The van der Waals surface area contributed by atoms with Crippen LogP contribution in [0.25, 0.3) is 0 Å². The quantitative estimate of drug-likeness (QED) is 0.708. The van der Waals surface area contributed by atoms with E-state index in [9.17, 15) is 14.7 Å². The van der Waals surface area contributed by atoms with Gasteiger partial charge in [0.1, 0.15) is 0 Å². The Morgan fingerprint density at radius 3 is 2.85 bits per heavy atom. The zero-order chi connectivity index (χ0) is 23.8. The minimum atomic E-state index is -0.347. The number of aliphatic hydroxyl groups excluding tert-OH is 1. The number of benzene rings is 1. The third kappa shape index (κ3) is 6.75. The Morgan fingerprint density at radius 2 is 2.12 bits per heavy atom. The van der Waals surface area contributed by atoms with E-state index in [1.807, 2.05) is 44.2 Å². The molecule has 1 aromatic carbocycles. The van der Waals surface area contributed by atoms with Gasteiger partial charge in [-0.2, -0.15) is 0 Å². The molecule has 1 aliphatic rings. The molecule has 3 rings (SSSR count). The zero-order valence-corrected chi connectivity index (χ0v) is 19.6. The Bertz CT molecular complexity index is 905. The summed E-state index contributed by atoms with van der Waals surface area (Å²) < 4.78 is 8.01. The number of carbonyl (C=O) groups excluding carboxylic acids is 2. The molecule has 1 aromatic heterocycles. The molecule has 0 saturated heterocycles. The highest BCUT2D eigenvalue weighted by atomic mass is 16.5. The molecular weight excluding hydrogens is 424 g/mol. The van der Waals surface area contributed by atoms with Crippen LogP contribution in [-0.2, 0) is 22.7 Å². The van der Waals surface area contributed by atoms with E-state index in [-0.39, 0.29) is 36.6 Å². The molecule has 0 radical (unpaired) electrons. The third-order valence-electron chi connectivity index (χ3n) is 5.97. The van der Waals surface area contributed by atoms with Crippen molar-refractivity contribution in [1.82, 2.24) is 24.8 Å². The molecule has 10 nitrogen and oxygen atoms in total. The molecule has 3 amide bonds. The lowest BCUT2D eigenvalue weighted by atomic mass is 10.0. The number of ether oxygens (including phenoxy) is 1. The van der Waals surface area contributed by atoms with Gasteiger partial charge in [-0.25, -0.2) is 9.48 Å². The molecule has 0 unspecified atom stereocenters. The highest BCUT2D eigenvalue weighted by Crippen LogP contribution is 2.18. The minimum Gasteiger partial charge on any atom is -0.394 e. The average molecular weight is 459 g/mol. The summed E-state index contributed by atoms with van der Waals surface area (Å²) in [7, 11) is 1.72. The van der Waals surface area contributed by atoms with E-state index in [4.69, 9.17) is 4.74 Å². The molecule has 3 atom stereocenters. The summed E-state index contributed by atoms with van der Waals surface area (Å²) in [4.78, 5) is 29.0. The van der Waals surface area contributed by atoms with Gasteiger partial charge in [-0.1, -0.05) is 30.3 Å². The van der Waals surface area contributed by atoms with Gasteiger partial charge in [0.2, 0.25) is 5.91 Å². The summed E-state index contributed by atoms with van der Waals surface area (Å²) in [5, 5.41) is 20.7. The predicted molar refractivity (Wildman–Crippen MR) is 123 cm³/mol. The Balaban J connectivity index is 1.76. The lowest BCUT2D eigenvalue weighted by Gasteiger charge is -2.35. The number of nitrogens with one attached hydrogen (secondary N) is 1. The van der Waals surface area contributed by atoms with Gasteiger partial charge in [0, 0.05) is 44.7 Å². The van der Waals surface area contributed by atoms with Crippen LogP contribution in [0.15, 0.2) is 36.5 Å². The molecule has 0 bridgehead atoms. The number of hydrogen-bond donors (Lipinski definition) is 2. The number of anilines is 1. The maximum absolute atomic E-state index is 12.9. The fourth-order valence-electron chi connectivity index (χ4n) is 3.84. The standard InChI is InChI=1S/C23H34N6O4/c1-17-13-28(18(2)15-30)22(31)10-7-11-29-20(12-24-26-29)16-33-21(17)14-27(3)23(32)25-19-8-5-4-6-9-19/h4-6,8-9,12,17-18,21,30H,7,10-11,13-16H2,1-3H3,(H,25,32)/t17-,18-,21-/m1/s1. The average Bonchev–Trinajstić information content (AvgIpc) is 3.26. The Morgan fingerprint density at radius 1 is 1.36 bits per heavy atom. The van der Waals surface area contributed by atoms with Crippen molar-refractivity contribution in [1.29, 1.82) is 0 Å². The number of fused-ring (bicyclic) bond motifs is 1. The fraction of sp³-hybridized carbons (Fsp3) is 0.565. The van der Waals surface area contributed by atoms with Crippen LogP contribution in [-0.4, -0.2) is 80.7 Å². The van der Waals surface area contributed by atoms with Gasteiger partial charge in [-0.05, 0) is 25.5 Å². The molecule has 180 valence electrons. The maximum atomic E-state index is 12.9. The first kappa shape index (κ1) is 24.7. The number of hydrogen-bond acceptors (Lipinski definition) is 6. The zero-order valence-electron chi connectivity index (χ0n) is 19.6. The highest BCUT2D eigenvalue weighted by Gasteiger charge is 2.29. The first-order valence-electron chi connectivity index (χ1n) is 11.4. The first-order valence-corrected chi connectivity index (χ1v) is 11.4. The van der Waals surface area contributed by atoms with Crippen molar-refractivity contribution in [2.75, 3.05) is 32.1 Å². The molecule has 0 spiro atoms. The van der Waals surface area contributed by atoms with Crippen LogP contribution in [0.3, 0.4) is 0 Å². The number of aryl methyl sites for hydroxylation is 1. The molecule has 2 aromatic rings. The van der Waals surface area contributed by atoms with Gasteiger partial charge in [-0.3, -0.25) is 4.79 Å². The summed E-state index contributed by atoms with van der Waals surface area (Å²) in [6.07, 6.45) is 2.31. The molecule has 0 fully saturated rings. The van der Waals surface area contributed by atoms with Crippen LogP contribution in [0.5, 0.6) is 0 Å². The van der Waals surface area contributed by atoms with Crippen LogP contribution >= 0.6 is 0 Å². The molecule has 10 heteroatoms. The minimum absolute atomic E-state index is 0.0143. The fourth-order valence-corrected chi connectivity index (χ4v) is 3.84. The van der Waals surface area contributed by atoms with Gasteiger partial charge in [0.25, 0.3) is 0 Å². The van der Waals surface area contributed by atoms with E-state index in [0.717, 1.165) is 5.69 Å². The second-order valence-corrected chi connectivity index (χ2v) is 8.63. The SMILES string of the molecule is C[C@@H]1CN([C@H](C)CO)C(=O)CCCn2nncc2CO[C@@H]1CN(C)C(=O)Nc1ccccc1. The van der Waals surface area contributed by atoms with Crippen molar-refractivity contribution in [3.8, 4) is 0 Å². The van der Waals surface area contributed by atoms with Crippen LogP contribution < -0.4 is 5.32 Å². The van der Waals surface area contributed by atoms with E-state index >= 15 is 0 Å². The number of aliphatic hydroxyl groups is 1. The van der Waals surface area contributed by atoms with Crippen molar-refractivity contribution in [3.05, 3.63) is 42.2 Å². The third-order valence-corrected chi connectivity index (χ3v) is 5.97. The summed E-state index contributed by atoms with van der Waals surface area (Å²) in [6.45, 7) is 5.34. The molecule has 0 saturated carbocycles. The van der Waals surface area contributed by atoms with Crippen LogP contribution in [0.2, 0.25) is 0 Å². The van der Waals surface area contributed by atoms with Gasteiger partial charge in [0.15, 0.2) is 0 Å². The summed E-state index contributed by atoms with van der Waals surface area (Å²) in [5.41, 5.74) is 1.54. The van der Waals surface area contributed by atoms with E-state index in [2.05, 4.69) is 15.6 Å². The monoisotopic (exact) mass is 458 g/mol. The smallest absolute Gasteiger partial charge is 0.321 e. The molecule has 2 heterocycles. The van der Waals surface area contributed by atoms with E-state index < -0.39 is 0 Å². The number of carbonyl (C=O) groups is 2. The summed E-state index contributed by atoms with van der Waals surface area (Å²) >= 11 is 0. The van der Waals surface area contributed by atoms with Gasteiger partial charge in [-0.15, -0.1) is 5.10 Å². The second-order valence-electron chi connectivity index (χ2n) is 8.63. The number of amides is 3. The largest absolute Gasteiger partial charge is 0.394 e. The lowest BCUT2D eigenvalue weighted by molar-refractivity contribution is -0.136. The molecule has 33 heavy (non-hydrogen) atoms. The van der Waals surface area contributed by atoms with Crippen molar-refractivity contribution in [3.63, 3.8) is 0 Å². The summed E-state index contributed by atoms with van der Waals surface area (Å²) in [6, 6.07) is 8.72. The van der Waals surface area contributed by atoms with E-state index in [0.29, 0.717) is 44.8 Å². The normalized spacial score (nSPS) is 20.8. The number of rotatable bonds is 5. The number of para-hydroxylation sites is 1. The topological polar surface area (TPSA) is 113 Å². The molecular formula is C23H34N6O4. The van der Waals surface area contributed by atoms with E-state index in [1.54, 1.807) is 27.7 Å².